The van der Waals surface area contributed by atoms with E-state index in [-0.39, 0.29) is 17.6 Å². The topological polar surface area (TPSA) is 98.0 Å². The zero-order chi connectivity index (χ0) is 12.1. The van der Waals surface area contributed by atoms with Gasteiger partial charge < -0.3 is 11.1 Å². The van der Waals surface area contributed by atoms with E-state index in [1.165, 1.54) is 23.1 Å². The lowest BCUT2D eigenvalue weighted by Gasteiger charge is -2.02. The maximum absolute atomic E-state index is 11.3. The van der Waals surface area contributed by atoms with Gasteiger partial charge in [-0.15, -0.1) is 10.2 Å². The molecule has 0 saturated carbocycles. The Balaban J connectivity index is 2.51. The van der Waals surface area contributed by atoms with Crippen molar-refractivity contribution in [2.45, 2.75) is 18.2 Å². The molecule has 2 amide bonds. The monoisotopic (exact) mass is 260 g/mol. The minimum absolute atomic E-state index is 0.106. The Morgan fingerprint density at radius 1 is 1.50 bits per heavy atom. The Morgan fingerprint density at radius 3 is 2.75 bits per heavy atom. The summed E-state index contributed by atoms with van der Waals surface area (Å²) in [5.74, 6) is -0.464. The highest BCUT2D eigenvalue weighted by atomic mass is 32.2. The number of anilines is 1. The smallest absolute Gasteiger partial charge is 0.228 e. The zero-order valence-electron chi connectivity index (χ0n) is 8.89. The molecule has 1 heterocycles. The molecule has 0 unspecified atom stereocenters. The summed E-state index contributed by atoms with van der Waals surface area (Å²) in [4.78, 5) is 21.9. The Morgan fingerprint density at radius 2 is 2.19 bits per heavy atom. The third-order valence-electron chi connectivity index (χ3n) is 1.50. The normalized spacial score (nSPS) is 10.4. The van der Waals surface area contributed by atoms with Crippen molar-refractivity contribution >= 4 is 40.0 Å². The average molecular weight is 260 g/mol. The van der Waals surface area contributed by atoms with Gasteiger partial charge in [0, 0.05) is 5.92 Å². The predicted octanol–water partition coefficient (Wildman–Crippen LogP) is 0.710. The van der Waals surface area contributed by atoms with Crippen LogP contribution in [0.1, 0.15) is 13.8 Å². The number of amides is 2. The molecule has 0 atom stereocenters. The standard InChI is InChI=1S/C8H12N4O2S2/c1-4(2)6(14)10-7-11-12-8(16-7)15-3-5(9)13/h4H,3H2,1-2H3,(H2,9,13)(H,10,11,14). The van der Waals surface area contributed by atoms with Gasteiger partial charge in [0.05, 0.1) is 5.75 Å². The molecule has 0 bridgehead atoms. The van der Waals surface area contributed by atoms with Crippen LogP contribution in [0.2, 0.25) is 0 Å². The van der Waals surface area contributed by atoms with Crippen molar-refractivity contribution < 1.29 is 9.59 Å². The molecule has 8 heteroatoms. The van der Waals surface area contributed by atoms with Gasteiger partial charge in [0.15, 0.2) is 4.34 Å². The van der Waals surface area contributed by atoms with E-state index in [4.69, 9.17) is 5.73 Å². The summed E-state index contributed by atoms with van der Waals surface area (Å²) >= 11 is 2.43. The van der Waals surface area contributed by atoms with Crippen LogP contribution in [-0.2, 0) is 9.59 Å². The highest BCUT2D eigenvalue weighted by Gasteiger charge is 2.11. The molecule has 0 radical (unpaired) electrons. The first kappa shape index (κ1) is 12.9. The van der Waals surface area contributed by atoms with E-state index >= 15 is 0 Å². The summed E-state index contributed by atoms with van der Waals surface area (Å²) < 4.78 is 0.609. The van der Waals surface area contributed by atoms with Crippen LogP contribution in [0, 0.1) is 5.92 Å². The Kier molecular flexibility index (Phi) is 4.69. The van der Waals surface area contributed by atoms with Crippen LogP contribution in [-0.4, -0.2) is 27.8 Å². The maximum atomic E-state index is 11.3. The van der Waals surface area contributed by atoms with Gasteiger partial charge in [-0.1, -0.05) is 36.9 Å². The summed E-state index contributed by atoms with van der Waals surface area (Å²) in [6.07, 6.45) is 0. The minimum Gasteiger partial charge on any atom is -0.369 e. The van der Waals surface area contributed by atoms with E-state index in [0.717, 1.165) is 0 Å². The molecule has 0 spiro atoms. The minimum atomic E-state index is -0.409. The number of carbonyl (C=O) groups is 2. The fourth-order valence-corrected chi connectivity index (χ4v) is 2.20. The predicted molar refractivity (Wildman–Crippen MR) is 63.3 cm³/mol. The molecule has 0 aliphatic rings. The van der Waals surface area contributed by atoms with E-state index < -0.39 is 5.91 Å². The van der Waals surface area contributed by atoms with Crippen molar-refractivity contribution in [2.24, 2.45) is 11.7 Å². The van der Waals surface area contributed by atoms with Crippen LogP contribution in [0.25, 0.3) is 0 Å². The number of hydrogen-bond donors (Lipinski definition) is 2. The first-order chi connectivity index (χ1) is 7.49. The lowest BCUT2D eigenvalue weighted by atomic mass is 10.2. The molecule has 1 aromatic heterocycles. The number of primary amides is 1. The van der Waals surface area contributed by atoms with Crippen LogP contribution in [0.5, 0.6) is 0 Å². The summed E-state index contributed by atoms with van der Waals surface area (Å²) in [7, 11) is 0. The number of hydrogen-bond acceptors (Lipinski definition) is 6. The van der Waals surface area contributed by atoms with Crippen molar-refractivity contribution in [3.05, 3.63) is 0 Å². The second-order valence-electron chi connectivity index (χ2n) is 3.27. The number of aromatic nitrogens is 2. The van der Waals surface area contributed by atoms with Gasteiger partial charge in [-0.25, -0.2) is 0 Å². The summed E-state index contributed by atoms with van der Waals surface area (Å²) in [5.41, 5.74) is 4.99. The molecule has 88 valence electrons. The molecule has 0 saturated heterocycles. The Labute approximate surface area is 101 Å². The molecule has 3 N–H and O–H groups in total. The number of thioether (sulfide) groups is 1. The van der Waals surface area contributed by atoms with E-state index in [0.29, 0.717) is 9.47 Å². The molecule has 0 fully saturated rings. The van der Waals surface area contributed by atoms with Crippen molar-refractivity contribution in [2.75, 3.05) is 11.1 Å². The average Bonchev–Trinajstić information content (AvgIpc) is 2.62. The number of rotatable bonds is 5. The summed E-state index contributed by atoms with van der Waals surface area (Å²) in [5, 5.41) is 10.7. The molecule has 1 aromatic rings. The third-order valence-corrected chi connectivity index (χ3v) is 3.49. The van der Waals surface area contributed by atoms with Gasteiger partial charge in [-0.3, -0.25) is 9.59 Å². The summed E-state index contributed by atoms with van der Waals surface area (Å²) in [6.45, 7) is 3.58. The molecule has 6 nitrogen and oxygen atoms in total. The lowest BCUT2D eigenvalue weighted by Crippen LogP contribution is -2.17. The SMILES string of the molecule is CC(C)C(=O)Nc1nnc(SCC(N)=O)s1. The van der Waals surface area contributed by atoms with Crippen molar-refractivity contribution in [3.63, 3.8) is 0 Å². The molecule has 0 aliphatic heterocycles. The van der Waals surface area contributed by atoms with E-state index in [9.17, 15) is 9.59 Å². The third kappa shape index (κ3) is 4.15. The number of carbonyl (C=O) groups excluding carboxylic acids is 2. The molecule has 0 aliphatic carbocycles. The first-order valence-electron chi connectivity index (χ1n) is 4.54. The van der Waals surface area contributed by atoms with Gasteiger partial charge in [-0.05, 0) is 0 Å². The summed E-state index contributed by atoms with van der Waals surface area (Å²) in [6, 6.07) is 0. The number of nitrogens with zero attached hydrogens (tertiary/aromatic N) is 2. The van der Waals surface area contributed by atoms with Crippen LogP contribution in [0.3, 0.4) is 0 Å². The van der Waals surface area contributed by atoms with Crippen molar-refractivity contribution in [1.82, 2.24) is 10.2 Å². The van der Waals surface area contributed by atoms with Crippen molar-refractivity contribution in [1.29, 1.82) is 0 Å². The Bertz CT molecular complexity index is 391. The zero-order valence-corrected chi connectivity index (χ0v) is 10.5. The quantitative estimate of drug-likeness (QED) is 0.600. The highest BCUT2D eigenvalue weighted by molar-refractivity contribution is 8.01. The molecule has 1 rings (SSSR count). The van der Waals surface area contributed by atoms with Crippen LogP contribution in [0.15, 0.2) is 4.34 Å². The fraction of sp³-hybridized carbons (Fsp3) is 0.500. The Hall–Kier alpha value is -1.15. The highest BCUT2D eigenvalue weighted by Crippen LogP contribution is 2.25. The lowest BCUT2D eigenvalue weighted by molar-refractivity contribution is -0.119. The van der Waals surface area contributed by atoms with E-state index in [2.05, 4.69) is 15.5 Å². The van der Waals surface area contributed by atoms with E-state index in [1.54, 1.807) is 13.8 Å². The molecular weight excluding hydrogens is 248 g/mol. The molecule has 0 aromatic carbocycles. The number of nitrogens with two attached hydrogens (primary N) is 1. The van der Waals surface area contributed by atoms with Crippen LogP contribution in [0.4, 0.5) is 5.13 Å². The van der Waals surface area contributed by atoms with Gasteiger partial charge in [0.25, 0.3) is 0 Å². The van der Waals surface area contributed by atoms with Gasteiger partial charge in [0.2, 0.25) is 16.9 Å². The fourth-order valence-electron chi connectivity index (χ4n) is 0.701. The van der Waals surface area contributed by atoms with Crippen LogP contribution >= 0.6 is 23.1 Å². The van der Waals surface area contributed by atoms with Gasteiger partial charge >= 0.3 is 0 Å². The first-order valence-corrected chi connectivity index (χ1v) is 6.34. The van der Waals surface area contributed by atoms with Crippen molar-refractivity contribution in [3.8, 4) is 0 Å². The van der Waals surface area contributed by atoms with E-state index in [1.807, 2.05) is 0 Å². The largest absolute Gasteiger partial charge is 0.369 e. The number of nitrogens with one attached hydrogen (secondary N) is 1. The second kappa shape index (κ2) is 5.80. The maximum Gasteiger partial charge on any atom is 0.228 e. The van der Waals surface area contributed by atoms with Gasteiger partial charge in [-0.2, -0.15) is 0 Å². The van der Waals surface area contributed by atoms with Gasteiger partial charge in [0.1, 0.15) is 0 Å². The second-order valence-corrected chi connectivity index (χ2v) is 5.47. The molecule has 16 heavy (non-hydrogen) atoms. The molecular formula is C8H12N4O2S2. The van der Waals surface area contributed by atoms with Crippen LogP contribution < -0.4 is 11.1 Å².